The monoisotopic (exact) mass is 300 g/mol. The molecule has 1 fully saturated rings. The second-order valence-corrected chi connectivity index (χ2v) is 4.86. The molecule has 8 heteroatoms. The minimum Gasteiger partial charge on any atom is -0.478 e. The van der Waals surface area contributed by atoms with Crippen molar-refractivity contribution in [2.24, 2.45) is 0 Å². The molecule has 0 bridgehead atoms. The van der Waals surface area contributed by atoms with Gasteiger partial charge in [0.2, 0.25) is 0 Å². The highest BCUT2D eigenvalue weighted by Crippen LogP contribution is 2.41. The van der Waals surface area contributed by atoms with Gasteiger partial charge < -0.3 is 5.11 Å². The summed E-state index contributed by atoms with van der Waals surface area (Å²) in [5.74, 6) is -2.52. The van der Waals surface area contributed by atoms with Gasteiger partial charge in [-0.05, 0) is 25.0 Å². The molecule has 21 heavy (non-hydrogen) atoms. The predicted molar refractivity (Wildman–Crippen MR) is 63.4 cm³/mol. The molecule has 0 saturated heterocycles. The number of hydrogen-bond donors (Lipinski definition) is 1. The largest absolute Gasteiger partial charge is 0.478 e. The topological polar surface area (TPSA) is 63.1 Å². The lowest BCUT2D eigenvalue weighted by atomic mass is 10.1. The minimum absolute atomic E-state index is 0.0673. The first kappa shape index (κ1) is 13.7. The van der Waals surface area contributed by atoms with Crippen LogP contribution in [0.5, 0.6) is 0 Å². The van der Waals surface area contributed by atoms with Crippen LogP contribution in [-0.4, -0.2) is 21.0 Å². The zero-order valence-electron chi connectivity index (χ0n) is 10.4. The third-order valence-corrected chi connectivity index (χ3v) is 3.25. The third kappa shape index (κ3) is 2.41. The summed E-state index contributed by atoms with van der Waals surface area (Å²) >= 11 is 0. The van der Waals surface area contributed by atoms with Gasteiger partial charge in [0.25, 0.3) is 0 Å². The van der Waals surface area contributed by atoms with Crippen LogP contribution >= 0.6 is 0 Å². The molecule has 0 aromatic carbocycles. The molecule has 2 aromatic heterocycles. The Hall–Kier alpha value is -2.25. The molecule has 0 spiro atoms. The van der Waals surface area contributed by atoms with Crippen LogP contribution in [0.15, 0.2) is 12.1 Å². The van der Waals surface area contributed by atoms with E-state index in [1.165, 1.54) is 0 Å². The smallest absolute Gasteiger partial charge is 0.434 e. The van der Waals surface area contributed by atoms with Gasteiger partial charge in [-0.25, -0.2) is 19.2 Å². The van der Waals surface area contributed by atoms with E-state index >= 15 is 0 Å². The molecule has 1 saturated carbocycles. The van der Waals surface area contributed by atoms with Gasteiger partial charge in [-0.1, -0.05) is 0 Å². The second-order valence-electron chi connectivity index (χ2n) is 4.86. The Morgan fingerprint density at radius 3 is 2.43 bits per heavy atom. The van der Waals surface area contributed by atoms with Gasteiger partial charge in [-0.2, -0.15) is 13.2 Å². The molecular formula is C13H8F4N2O2. The van der Waals surface area contributed by atoms with Crippen molar-refractivity contribution in [2.45, 2.75) is 24.9 Å². The Morgan fingerprint density at radius 2 is 1.90 bits per heavy atom. The maximum Gasteiger partial charge on any atom is 0.434 e. The van der Waals surface area contributed by atoms with E-state index in [9.17, 15) is 22.4 Å². The summed E-state index contributed by atoms with van der Waals surface area (Å²) in [6.07, 6.45) is -3.46. The second kappa shape index (κ2) is 4.37. The van der Waals surface area contributed by atoms with Crippen molar-refractivity contribution >= 4 is 17.0 Å². The van der Waals surface area contributed by atoms with Crippen LogP contribution < -0.4 is 0 Å². The van der Waals surface area contributed by atoms with Crippen molar-refractivity contribution in [1.29, 1.82) is 0 Å². The van der Waals surface area contributed by atoms with E-state index in [4.69, 9.17) is 5.11 Å². The quantitative estimate of drug-likeness (QED) is 0.864. The van der Waals surface area contributed by atoms with E-state index in [2.05, 4.69) is 9.97 Å². The summed E-state index contributed by atoms with van der Waals surface area (Å²) in [6.45, 7) is 0. The maximum absolute atomic E-state index is 13.8. The molecule has 2 aromatic rings. The van der Waals surface area contributed by atoms with Gasteiger partial charge in [0, 0.05) is 11.3 Å². The van der Waals surface area contributed by atoms with E-state index < -0.39 is 29.2 Å². The van der Waals surface area contributed by atoms with Gasteiger partial charge in [-0.15, -0.1) is 0 Å². The number of carbonyl (C=O) groups is 1. The molecule has 0 atom stereocenters. The molecule has 0 aliphatic heterocycles. The van der Waals surface area contributed by atoms with Crippen molar-refractivity contribution in [3.8, 4) is 0 Å². The first-order valence-electron chi connectivity index (χ1n) is 6.09. The van der Waals surface area contributed by atoms with Gasteiger partial charge in [0.1, 0.15) is 5.82 Å². The van der Waals surface area contributed by atoms with Crippen molar-refractivity contribution in [3.05, 3.63) is 34.9 Å². The van der Waals surface area contributed by atoms with E-state index in [1.54, 1.807) is 0 Å². The average molecular weight is 300 g/mol. The van der Waals surface area contributed by atoms with E-state index in [-0.39, 0.29) is 22.6 Å². The Bertz CT molecular complexity index is 754. The Labute approximate surface area is 115 Å². The Morgan fingerprint density at radius 1 is 1.24 bits per heavy atom. The molecule has 0 unspecified atom stereocenters. The zero-order valence-corrected chi connectivity index (χ0v) is 10.4. The van der Waals surface area contributed by atoms with Crippen molar-refractivity contribution in [3.63, 3.8) is 0 Å². The summed E-state index contributed by atoms with van der Waals surface area (Å²) in [7, 11) is 0. The molecular weight excluding hydrogens is 292 g/mol. The zero-order chi connectivity index (χ0) is 15.4. The van der Waals surface area contributed by atoms with Gasteiger partial charge in [0.05, 0.1) is 11.3 Å². The molecule has 4 nitrogen and oxygen atoms in total. The number of nitrogens with zero attached hydrogens (tertiary/aromatic N) is 2. The Kier molecular flexibility index (Phi) is 2.86. The minimum atomic E-state index is -4.92. The predicted octanol–water partition coefficient (Wildman–Crippen LogP) is 3.36. The van der Waals surface area contributed by atoms with Crippen LogP contribution in [0.25, 0.3) is 11.0 Å². The molecule has 0 radical (unpaired) electrons. The summed E-state index contributed by atoms with van der Waals surface area (Å²) in [6, 6.07) is 1.73. The van der Waals surface area contributed by atoms with Crippen LogP contribution in [0.1, 0.15) is 40.5 Å². The normalized spacial score (nSPS) is 15.4. The standard InChI is InChI=1S/C13H8F4N2O2/c14-8-4-6-3-7(12(20)21)10(13(15,16)17)19-11(6)18-9(8)5-1-2-5/h3-5H,1-2H2,(H,20,21). The van der Waals surface area contributed by atoms with Gasteiger partial charge in [0.15, 0.2) is 11.3 Å². The highest BCUT2D eigenvalue weighted by atomic mass is 19.4. The summed E-state index contributed by atoms with van der Waals surface area (Å²) in [5, 5.41) is 8.79. The fourth-order valence-corrected chi connectivity index (χ4v) is 2.11. The molecule has 0 amide bonds. The highest BCUT2D eigenvalue weighted by Gasteiger charge is 2.38. The number of alkyl halides is 3. The number of fused-ring (bicyclic) bond motifs is 1. The number of carboxylic acid groups (broad SMARTS) is 1. The lowest BCUT2D eigenvalue weighted by molar-refractivity contribution is -0.141. The fraction of sp³-hybridized carbons (Fsp3) is 0.308. The van der Waals surface area contributed by atoms with Crippen molar-refractivity contribution in [2.75, 3.05) is 0 Å². The first-order valence-corrected chi connectivity index (χ1v) is 6.09. The van der Waals surface area contributed by atoms with Crippen LogP contribution in [0, 0.1) is 5.82 Å². The highest BCUT2D eigenvalue weighted by molar-refractivity contribution is 5.93. The van der Waals surface area contributed by atoms with Gasteiger partial charge >= 0.3 is 12.1 Å². The van der Waals surface area contributed by atoms with Crippen LogP contribution in [-0.2, 0) is 6.18 Å². The molecule has 3 rings (SSSR count). The number of carboxylic acids is 1. The third-order valence-electron chi connectivity index (χ3n) is 3.25. The number of halogens is 4. The molecule has 2 heterocycles. The van der Waals surface area contributed by atoms with Crippen LogP contribution in [0.3, 0.4) is 0 Å². The molecule has 1 aliphatic rings. The maximum atomic E-state index is 13.8. The molecule has 1 N–H and O–H groups in total. The van der Waals surface area contributed by atoms with E-state index in [0.717, 1.165) is 25.0 Å². The van der Waals surface area contributed by atoms with Crippen molar-refractivity contribution < 1.29 is 27.5 Å². The van der Waals surface area contributed by atoms with Crippen molar-refractivity contribution in [1.82, 2.24) is 9.97 Å². The van der Waals surface area contributed by atoms with E-state index in [1.807, 2.05) is 0 Å². The molecule has 110 valence electrons. The lowest BCUT2D eigenvalue weighted by Gasteiger charge is -2.11. The first-order chi connectivity index (χ1) is 9.77. The number of rotatable bonds is 2. The van der Waals surface area contributed by atoms with Gasteiger partial charge in [-0.3, -0.25) is 0 Å². The summed E-state index contributed by atoms with van der Waals surface area (Å²) in [4.78, 5) is 18.1. The summed E-state index contributed by atoms with van der Waals surface area (Å²) in [5.41, 5.74) is -2.75. The Balaban J connectivity index is 2.28. The SMILES string of the molecule is O=C(O)c1cc2cc(F)c(C3CC3)nc2nc1C(F)(F)F. The number of aromatic carboxylic acids is 1. The average Bonchev–Trinajstić information content (AvgIpc) is 3.19. The van der Waals surface area contributed by atoms with E-state index in [0.29, 0.717) is 0 Å². The number of pyridine rings is 2. The van der Waals surface area contributed by atoms with Crippen LogP contribution in [0.4, 0.5) is 17.6 Å². The lowest BCUT2D eigenvalue weighted by Crippen LogP contribution is -2.16. The number of aromatic nitrogens is 2. The molecule has 1 aliphatic carbocycles. The summed E-state index contributed by atoms with van der Waals surface area (Å²) < 4.78 is 52.4. The van der Waals surface area contributed by atoms with Crippen LogP contribution in [0.2, 0.25) is 0 Å². The fourth-order valence-electron chi connectivity index (χ4n) is 2.11. The number of hydrogen-bond acceptors (Lipinski definition) is 3.